The molecule has 0 bridgehead atoms. The largest absolute Gasteiger partial charge is 0.395 e. The summed E-state index contributed by atoms with van der Waals surface area (Å²) in [5.74, 6) is 0. The van der Waals surface area contributed by atoms with Gasteiger partial charge in [0.05, 0.1) is 13.2 Å². The molecule has 1 rings (SSSR count). The Morgan fingerprint density at radius 1 is 1.41 bits per heavy atom. The van der Waals surface area contributed by atoms with E-state index in [-0.39, 0.29) is 6.61 Å². The van der Waals surface area contributed by atoms with Crippen molar-refractivity contribution in [3.63, 3.8) is 0 Å². The Hall–Kier alpha value is -1.26. The number of methoxy groups -OCH3 is 1. The molecule has 4 heteroatoms. The van der Waals surface area contributed by atoms with Crippen LogP contribution in [0.5, 0.6) is 0 Å². The maximum Gasteiger partial charge on any atom is 0.0635 e. The Morgan fingerprint density at radius 2 is 2.24 bits per heavy atom. The van der Waals surface area contributed by atoms with Crippen molar-refractivity contribution in [2.45, 2.75) is 6.92 Å². The maximum absolute atomic E-state index is 9.00. The summed E-state index contributed by atoms with van der Waals surface area (Å²) in [7, 11) is 1.69. The molecular formula is C13H22N2O2. The average molecular weight is 238 g/mol. The third-order valence-corrected chi connectivity index (χ3v) is 2.60. The molecule has 0 amide bonds. The van der Waals surface area contributed by atoms with Crippen molar-refractivity contribution in [3.05, 3.63) is 24.3 Å². The number of hydrogen-bond donors (Lipinski definition) is 2. The van der Waals surface area contributed by atoms with Crippen LogP contribution in [0.3, 0.4) is 0 Å². The van der Waals surface area contributed by atoms with Crippen molar-refractivity contribution in [3.8, 4) is 0 Å². The summed E-state index contributed by atoms with van der Waals surface area (Å²) in [5, 5.41) is 12.3. The minimum Gasteiger partial charge on any atom is -0.395 e. The lowest BCUT2D eigenvalue weighted by molar-refractivity contribution is 0.211. The van der Waals surface area contributed by atoms with Gasteiger partial charge in [0.1, 0.15) is 0 Å². The molecule has 2 N–H and O–H groups in total. The lowest BCUT2D eigenvalue weighted by Gasteiger charge is -2.22. The summed E-state index contributed by atoms with van der Waals surface area (Å²) < 4.78 is 5.00. The molecule has 0 aliphatic rings. The topological polar surface area (TPSA) is 44.7 Å². The third-order valence-electron chi connectivity index (χ3n) is 2.60. The molecule has 0 radical (unpaired) electrons. The van der Waals surface area contributed by atoms with Crippen LogP contribution in [0.15, 0.2) is 24.3 Å². The van der Waals surface area contributed by atoms with Gasteiger partial charge < -0.3 is 20.1 Å². The lowest BCUT2D eigenvalue weighted by Crippen LogP contribution is -2.26. The van der Waals surface area contributed by atoms with E-state index in [0.717, 1.165) is 24.5 Å². The Balaban J connectivity index is 2.63. The Labute approximate surface area is 103 Å². The monoisotopic (exact) mass is 238 g/mol. The molecule has 0 aliphatic carbocycles. The quantitative estimate of drug-likeness (QED) is 0.675. The second-order valence-electron chi connectivity index (χ2n) is 3.77. The standard InChI is InChI=1S/C13H22N2O2/c1-3-15(8-9-16)13-6-4-5-12(11-13)14-7-10-17-2/h4-6,11,14,16H,3,7-10H2,1-2H3. The predicted octanol–water partition coefficient (Wildman–Crippen LogP) is 1.56. The van der Waals surface area contributed by atoms with Gasteiger partial charge in [0, 0.05) is 38.1 Å². The number of likely N-dealkylation sites (N-methyl/N-ethyl adjacent to an activating group) is 1. The summed E-state index contributed by atoms with van der Waals surface area (Å²) in [6.45, 7) is 5.31. The van der Waals surface area contributed by atoms with E-state index in [0.29, 0.717) is 13.2 Å². The van der Waals surface area contributed by atoms with E-state index in [1.54, 1.807) is 7.11 Å². The van der Waals surface area contributed by atoms with Gasteiger partial charge in [-0.15, -0.1) is 0 Å². The zero-order valence-electron chi connectivity index (χ0n) is 10.6. The molecule has 0 atom stereocenters. The van der Waals surface area contributed by atoms with E-state index in [4.69, 9.17) is 9.84 Å². The van der Waals surface area contributed by atoms with Gasteiger partial charge in [-0.05, 0) is 25.1 Å². The highest BCUT2D eigenvalue weighted by Crippen LogP contribution is 2.18. The van der Waals surface area contributed by atoms with Crippen LogP contribution in [0.2, 0.25) is 0 Å². The number of hydrogen-bond acceptors (Lipinski definition) is 4. The first kappa shape index (κ1) is 13.8. The molecular weight excluding hydrogens is 216 g/mol. The minimum absolute atomic E-state index is 0.176. The van der Waals surface area contributed by atoms with Crippen molar-refractivity contribution < 1.29 is 9.84 Å². The number of aliphatic hydroxyl groups is 1. The van der Waals surface area contributed by atoms with Gasteiger partial charge in [-0.2, -0.15) is 0 Å². The van der Waals surface area contributed by atoms with E-state index >= 15 is 0 Å². The van der Waals surface area contributed by atoms with Crippen LogP contribution in [0.25, 0.3) is 0 Å². The van der Waals surface area contributed by atoms with Gasteiger partial charge in [-0.1, -0.05) is 6.07 Å². The molecule has 4 nitrogen and oxygen atoms in total. The van der Waals surface area contributed by atoms with Gasteiger partial charge in [-0.3, -0.25) is 0 Å². The Kier molecular flexibility index (Phi) is 6.43. The minimum atomic E-state index is 0.176. The van der Waals surface area contributed by atoms with E-state index in [1.165, 1.54) is 0 Å². The fourth-order valence-electron chi connectivity index (χ4n) is 1.70. The van der Waals surface area contributed by atoms with Gasteiger partial charge in [0.2, 0.25) is 0 Å². The number of rotatable bonds is 8. The summed E-state index contributed by atoms with van der Waals surface area (Å²) in [6, 6.07) is 8.20. The molecule has 1 aromatic rings. The van der Waals surface area contributed by atoms with Crippen LogP contribution in [0.1, 0.15) is 6.92 Å². The van der Waals surface area contributed by atoms with Crippen LogP contribution < -0.4 is 10.2 Å². The highest BCUT2D eigenvalue weighted by molar-refractivity contribution is 5.58. The molecule has 1 aromatic carbocycles. The highest BCUT2D eigenvalue weighted by atomic mass is 16.5. The number of ether oxygens (including phenoxy) is 1. The predicted molar refractivity (Wildman–Crippen MR) is 71.8 cm³/mol. The number of anilines is 2. The molecule has 0 aromatic heterocycles. The molecule has 17 heavy (non-hydrogen) atoms. The molecule has 96 valence electrons. The zero-order valence-corrected chi connectivity index (χ0v) is 10.6. The summed E-state index contributed by atoms with van der Waals surface area (Å²) in [6.07, 6.45) is 0. The van der Waals surface area contributed by atoms with Crippen molar-refractivity contribution in [1.29, 1.82) is 0 Å². The number of aliphatic hydroxyl groups excluding tert-OH is 1. The fourth-order valence-corrected chi connectivity index (χ4v) is 1.70. The number of nitrogens with zero attached hydrogens (tertiary/aromatic N) is 1. The zero-order chi connectivity index (χ0) is 12.5. The van der Waals surface area contributed by atoms with Gasteiger partial charge >= 0.3 is 0 Å². The van der Waals surface area contributed by atoms with Crippen LogP contribution in [-0.4, -0.2) is 45.1 Å². The molecule has 0 heterocycles. The van der Waals surface area contributed by atoms with Crippen molar-refractivity contribution in [2.24, 2.45) is 0 Å². The van der Waals surface area contributed by atoms with E-state index in [9.17, 15) is 0 Å². The van der Waals surface area contributed by atoms with Crippen molar-refractivity contribution in [1.82, 2.24) is 0 Å². The Bertz CT molecular complexity index is 318. The molecule has 0 saturated carbocycles. The first-order chi connectivity index (χ1) is 8.31. The summed E-state index contributed by atoms with van der Waals surface area (Å²) >= 11 is 0. The molecule has 0 saturated heterocycles. The second-order valence-corrected chi connectivity index (χ2v) is 3.77. The van der Waals surface area contributed by atoms with Gasteiger partial charge in [-0.25, -0.2) is 0 Å². The van der Waals surface area contributed by atoms with E-state index in [1.807, 2.05) is 12.1 Å². The fraction of sp³-hybridized carbons (Fsp3) is 0.538. The van der Waals surface area contributed by atoms with Gasteiger partial charge in [0.25, 0.3) is 0 Å². The summed E-state index contributed by atoms with van der Waals surface area (Å²) in [5.41, 5.74) is 2.21. The van der Waals surface area contributed by atoms with Crippen LogP contribution in [0, 0.1) is 0 Å². The number of benzene rings is 1. The van der Waals surface area contributed by atoms with Crippen molar-refractivity contribution >= 4 is 11.4 Å². The smallest absolute Gasteiger partial charge is 0.0635 e. The maximum atomic E-state index is 9.00. The van der Waals surface area contributed by atoms with Crippen LogP contribution in [0.4, 0.5) is 11.4 Å². The van der Waals surface area contributed by atoms with Crippen LogP contribution >= 0.6 is 0 Å². The van der Waals surface area contributed by atoms with Gasteiger partial charge in [0.15, 0.2) is 0 Å². The van der Waals surface area contributed by atoms with E-state index in [2.05, 4.69) is 29.3 Å². The molecule has 0 aliphatic heterocycles. The first-order valence-electron chi connectivity index (χ1n) is 6.00. The van der Waals surface area contributed by atoms with Crippen LogP contribution in [-0.2, 0) is 4.74 Å². The van der Waals surface area contributed by atoms with Crippen molar-refractivity contribution in [2.75, 3.05) is 50.2 Å². The molecule has 0 unspecified atom stereocenters. The highest BCUT2D eigenvalue weighted by Gasteiger charge is 2.03. The number of nitrogens with one attached hydrogen (secondary N) is 1. The summed E-state index contributed by atoms with van der Waals surface area (Å²) in [4.78, 5) is 2.14. The second kappa shape index (κ2) is 7.92. The Morgan fingerprint density at radius 3 is 2.88 bits per heavy atom. The first-order valence-corrected chi connectivity index (χ1v) is 6.00. The normalized spacial score (nSPS) is 10.3. The molecule has 0 spiro atoms. The third kappa shape index (κ3) is 4.63. The molecule has 0 fully saturated rings. The average Bonchev–Trinajstić information content (AvgIpc) is 2.36. The van der Waals surface area contributed by atoms with E-state index < -0.39 is 0 Å². The lowest BCUT2D eigenvalue weighted by atomic mass is 10.2. The SMILES string of the molecule is CCN(CCO)c1cccc(NCCOC)c1.